The van der Waals surface area contributed by atoms with Gasteiger partial charge in [-0.3, -0.25) is 4.79 Å². The quantitative estimate of drug-likeness (QED) is 0.286. The Hall–Kier alpha value is -2.05. The van der Waals surface area contributed by atoms with Gasteiger partial charge in [0, 0.05) is 29.0 Å². The van der Waals surface area contributed by atoms with E-state index in [-0.39, 0.29) is 10.4 Å². The number of carbonyl (C=O) groups excluding carboxylic acids is 1. The van der Waals surface area contributed by atoms with Crippen LogP contribution < -0.4 is 0 Å². The molecule has 4 rings (SSSR count). The van der Waals surface area contributed by atoms with Crippen molar-refractivity contribution in [3.05, 3.63) is 110 Å². The number of nitrogens with zero attached hydrogens (tertiary/aromatic N) is 2. The summed E-state index contributed by atoms with van der Waals surface area (Å²) in [4.78, 5) is 18.2. The number of benzene rings is 2. The van der Waals surface area contributed by atoms with E-state index in [1.165, 1.54) is 28.7 Å². The minimum Gasteiger partial charge on any atom is -0.336 e. The van der Waals surface area contributed by atoms with E-state index in [0.717, 1.165) is 22.4 Å². The SMILES string of the molecule is O=C(SC(Cn1ccnc1)c1ccc(Cl)cc1Cl)c1sccc1Cc1ccccc1. The molecule has 0 spiro atoms. The largest absolute Gasteiger partial charge is 0.336 e. The van der Waals surface area contributed by atoms with E-state index < -0.39 is 0 Å². The molecule has 0 fully saturated rings. The van der Waals surface area contributed by atoms with Crippen molar-refractivity contribution in [2.24, 2.45) is 0 Å². The number of aromatic nitrogens is 2. The molecule has 30 heavy (non-hydrogen) atoms. The van der Waals surface area contributed by atoms with Crippen LogP contribution in [0.15, 0.2) is 78.7 Å². The smallest absolute Gasteiger partial charge is 0.230 e. The molecular weight excluding hydrogens is 455 g/mol. The standard InChI is InChI=1S/C23H18Cl2N2OS2/c24-18-6-7-19(20(25)13-18)21(14-27-10-9-26-15-27)30-23(28)22-17(8-11-29-22)12-16-4-2-1-3-5-16/h1-11,13,15,21H,12,14H2. The fraction of sp³-hybridized carbons (Fsp3) is 0.130. The second-order valence-electron chi connectivity index (χ2n) is 6.76. The third-order valence-corrected chi connectivity index (χ3v) is 7.42. The van der Waals surface area contributed by atoms with Gasteiger partial charge in [-0.15, -0.1) is 11.3 Å². The van der Waals surface area contributed by atoms with Gasteiger partial charge in [0.1, 0.15) is 0 Å². The molecule has 0 N–H and O–H groups in total. The Labute approximate surface area is 193 Å². The van der Waals surface area contributed by atoms with Gasteiger partial charge in [0.2, 0.25) is 5.12 Å². The van der Waals surface area contributed by atoms with E-state index in [2.05, 4.69) is 17.1 Å². The van der Waals surface area contributed by atoms with Crippen LogP contribution in [0.2, 0.25) is 10.0 Å². The second kappa shape index (κ2) is 9.84. The zero-order valence-electron chi connectivity index (χ0n) is 15.9. The summed E-state index contributed by atoms with van der Waals surface area (Å²) < 4.78 is 1.95. The maximum atomic E-state index is 13.3. The lowest BCUT2D eigenvalue weighted by Crippen LogP contribution is -2.09. The average molecular weight is 473 g/mol. The minimum absolute atomic E-state index is 0.0482. The van der Waals surface area contributed by atoms with Crippen molar-refractivity contribution in [2.45, 2.75) is 18.2 Å². The van der Waals surface area contributed by atoms with Gasteiger partial charge in [0.25, 0.3) is 0 Å². The molecule has 0 radical (unpaired) electrons. The summed E-state index contributed by atoms with van der Waals surface area (Å²) in [5, 5.41) is 3.00. The van der Waals surface area contributed by atoms with Crippen LogP contribution in [0, 0.1) is 0 Å². The Kier molecular flexibility index (Phi) is 6.95. The Balaban J connectivity index is 1.59. The average Bonchev–Trinajstić information content (AvgIpc) is 3.40. The molecule has 0 aliphatic rings. The highest BCUT2D eigenvalue weighted by molar-refractivity contribution is 8.14. The van der Waals surface area contributed by atoms with E-state index in [9.17, 15) is 4.79 Å². The van der Waals surface area contributed by atoms with Gasteiger partial charge in [-0.25, -0.2) is 4.98 Å². The van der Waals surface area contributed by atoms with Crippen molar-refractivity contribution in [2.75, 3.05) is 0 Å². The molecule has 0 amide bonds. The molecule has 0 saturated carbocycles. The molecule has 152 valence electrons. The van der Waals surface area contributed by atoms with Crippen LogP contribution in [-0.4, -0.2) is 14.7 Å². The highest BCUT2D eigenvalue weighted by Crippen LogP contribution is 2.39. The lowest BCUT2D eigenvalue weighted by Gasteiger charge is -2.18. The first-order valence-corrected chi connectivity index (χ1v) is 11.8. The van der Waals surface area contributed by atoms with Gasteiger partial charge in [0.15, 0.2) is 0 Å². The van der Waals surface area contributed by atoms with Gasteiger partial charge in [-0.2, -0.15) is 0 Å². The van der Waals surface area contributed by atoms with Crippen LogP contribution in [0.3, 0.4) is 0 Å². The van der Waals surface area contributed by atoms with Gasteiger partial charge in [0.05, 0.1) is 16.5 Å². The molecule has 7 heteroatoms. The summed E-state index contributed by atoms with van der Waals surface area (Å²) >= 11 is 15.3. The van der Waals surface area contributed by atoms with Crippen molar-refractivity contribution in [3.63, 3.8) is 0 Å². The van der Waals surface area contributed by atoms with E-state index in [1.807, 2.05) is 46.5 Å². The van der Waals surface area contributed by atoms with Crippen LogP contribution in [0.4, 0.5) is 0 Å². The Morgan fingerprint density at radius 3 is 2.70 bits per heavy atom. The molecule has 0 aliphatic heterocycles. The second-order valence-corrected chi connectivity index (χ2v) is 9.69. The highest BCUT2D eigenvalue weighted by Gasteiger charge is 2.23. The molecule has 1 atom stereocenters. The first-order valence-electron chi connectivity index (χ1n) is 9.32. The van der Waals surface area contributed by atoms with Crippen LogP contribution >= 0.6 is 46.3 Å². The lowest BCUT2D eigenvalue weighted by atomic mass is 10.1. The number of imidazole rings is 1. The number of hydrogen-bond donors (Lipinski definition) is 0. The normalized spacial score (nSPS) is 12.1. The van der Waals surface area contributed by atoms with Gasteiger partial charge >= 0.3 is 0 Å². The predicted octanol–water partition coefficient (Wildman–Crippen LogP) is 7.16. The molecule has 0 aliphatic carbocycles. The maximum absolute atomic E-state index is 13.3. The Morgan fingerprint density at radius 1 is 1.13 bits per heavy atom. The summed E-state index contributed by atoms with van der Waals surface area (Å²) in [5.41, 5.74) is 3.12. The Bertz CT molecular complexity index is 1130. The fourth-order valence-electron chi connectivity index (χ4n) is 3.20. The van der Waals surface area contributed by atoms with E-state index in [4.69, 9.17) is 23.2 Å². The molecule has 2 aromatic heterocycles. The minimum atomic E-state index is -0.164. The van der Waals surface area contributed by atoms with Gasteiger partial charge in [-0.1, -0.05) is 71.4 Å². The number of carbonyl (C=O) groups is 1. The third kappa shape index (κ3) is 5.16. The van der Waals surface area contributed by atoms with Crippen molar-refractivity contribution in [3.8, 4) is 0 Å². The summed E-state index contributed by atoms with van der Waals surface area (Å²) in [7, 11) is 0. The number of hydrogen-bond acceptors (Lipinski definition) is 4. The van der Waals surface area contributed by atoms with Crippen molar-refractivity contribution >= 4 is 51.4 Å². The van der Waals surface area contributed by atoms with Crippen molar-refractivity contribution in [1.29, 1.82) is 0 Å². The fourth-order valence-corrected chi connectivity index (χ4v) is 5.93. The Morgan fingerprint density at radius 2 is 1.97 bits per heavy atom. The summed E-state index contributed by atoms with van der Waals surface area (Å²) in [6, 6.07) is 17.6. The maximum Gasteiger partial charge on any atom is 0.230 e. The molecule has 0 bridgehead atoms. The summed E-state index contributed by atoms with van der Waals surface area (Å²) in [6.45, 7) is 0.581. The van der Waals surface area contributed by atoms with Crippen LogP contribution in [0.1, 0.15) is 31.6 Å². The van der Waals surface area contributed by atoms with E-state index in [1.54, 1.807) is 24.7 Å². The number of thiophene rings is 1. The van der Waals surface area contributed by atoms with Crippen LogP contribution in [0.5, 0.6) is 0 Å². The molecular formula is C23H18Cl2N2OS2. The lowest BCUT2D eigenvalue weighted by molar-refractivity contribution is 0.109. The number of halogens is 2. The number of rotatable bonds is 7. The van der Waals surface area contributed by atoms with Crippen molar-refractivity contribution in [1.82, 2.24) is 9.55 Å². The van der Waals surface area contributed by atoms with Gasteiger partial charge in [-0.05, 0) is 46.7 Å². The summed E-state index contributed by atoms with van der Waals surface area (Å²) in [6.07, 6.45) is 6.09. The van der Waals surface area contributed by atoms with E-state index >= 15 is 0 Å². The molecule has 1 unspecified atom stereocenters. The zero-order chi connectivity index (χ0) is 20.9. The summed E-state index contributed by atoms with van der Waals surface area (Å²) in [5.74, 6) is 0. The van der Waals surface area contributed by atoms with Crippen molar-refractivity contribution < 1.29 is 4.79 Å². The molecule has 0 saturated heterocycles. The molecule has 2 heterocycles. The highest BCUT2D eigenvalue weighted by atomic mass is 35.5. The predicted molar refractivity (Wildman–Crippen MR) is 127 cm³/mol. The van der Waals surface area contributed by atoms with Crippen LogP contribution in [0.25, 0.3) is 0 Å². The first kappa shape index (κ1) is 21.2. The third-order valence-electron chi connectivity index (χ3n) is 4.66. The zero-order valence-corrected chi connectivity index (χ0v) is 19.0. The monoisotopic (exact) mass is 472 g/mol. The topological polar surface area (TPSA) is 34.9 Å². The molecule has 3 nitrogen and oxygen atoms in total. The van der Waals surface area contributed by atoms with Crippen LogP contribution in [-0.2, 0) is 13.0 Å². The molecule has 2 aromatic carbocycles. The van der Waals surface area contributed by atoms with E-state index in [0.29, 0.717) is 16.6 Å². The molecule has 4 aromatic rings. The number of thioether (sulfide) groups is 1. The first-order chi connectivity index (χ1) is 14.6. The van der Waals surface area contributed by atoms with Gasteiger partial charge < -0.3 is 4.57 Å².